The van der Waals surface area contributed by atoms with Gasteiger partial charge < -0.3 is 9.73 Å². The maximum absolute atomic E-state index is 11.5. The van der Waals surface area contributed by atoms with E-state index in [4.69, 9.17) is 4.42 Å². The summed E-state index contributed by atoms with van der Waals surface area (Å²) >= 11 is 0. The van der Waals surface area contributed by atoms with Gasteiger partial charge in [0.05, 0.1) is 6.20 Å². The third-order valence-corrected chi connectivity index (χ3v) is 2.29. The van der Waals surface area contributed by atoms with E-state index in [9.17, 15) is 4.79 Å². The van der Waals surface area contributed by atoms with Crippen molar-refractivity contribution in [1.29, 1.82) is 0 Å². The molecule has 0 aliphatic heterocycles. The minimum absolute atomic E-state index is 0.123. The number of anilines is 1. The van der Waals surface area contributed by atoms with E-state index >= 15 is 0 Å². The molecule has 0 fully saturated rings. The molecule has 18 heavy (non-hydrogen) atoms. The van der Waals surface area contributed by atoms with Crippen LogP contribution in [-0.2, 0) is 4.79 Å². The molecule has 0 atom stereocenters. The lowest BCUT2D eigenvalue weighted by atomic mass is 10.1. The average Bonchev–Trinajstić information content (AvgIpc) is 2.82. The Morgan fingerprint density at radius 3 is 2.56 bits per heavy atom. The van der Waals surface area contributed by atoms with Crippen molar-refractivity contribution >= 4 is 11.6 Å². The van der Waals surface area contributed by atoms with E-state index in [0.717, 1.165) is 16.8 Å². The Bertz CT molecular complexity index is 550. The van der Waals surface area contributed by atoms with Gasteiger partial charge in [-0.15, -0.1) is 0 Å². The zero-order valence-electron chi connectivity index (χ0n) is 10.3. The Morgan fingerprint density at radius 1 is 1.28 bits per heavy atom. The van der Waals surface area contributed by atoms with Crippen molar-refractivity contribution in [1.82, 2.24) is 4.98 Å². The number of benzene rings is 1. The molecule has 4 heteroatoms. The number of carbonyl (C=O) groups is 1. The molecule has 0 saturated heterocycles. The number of nitrogens with zero attached hydrogens (tertiary/aromatic N) is 1. The summed E-state index contributed by atoms with van der Waals surface area (Å²) in [5.41, 5.74) is 2.64. The third kappa shape index (κ3) is 3.07. The molecule has 1 N–H and O–H groups in total. The second-order valence-corrected chi connectivity index (χ2v) is 4.15. The number of aromatic nitrogens is 1. The topological polar surface area (TPSA) is 55.1 Å². The average molecular weight is 242 g/mol. The van der Waals surface area contributed by atoms with E-state index in [2.05, 4.69) is 10.3 Å². The lowest BCUT2D eigenvalue weighted by Crippen LogP contribution is -2.08. The van der Waals surface area contributed by atoms with Crippen LogP contribution in [0, 0.1) is 0 Å². The molecule has 0 aliphatic carbocycles. The molecule has 0 radical (unpaired) electrons. The highest BCUT2D eigenvalue weighted by Crippen LogP contribution is 2.20. The predicted molar refractivity (Wildman–Crippen MR) is 70.0 cm³/mol. The molecule has 1 aromatic carbocycles. The van der Waals surface area contributed by atoms with Gasteiger partial charge in [-0.2, -0.15) is 0 Å². The quantitative estimate of drug-likeness (QED) is 0.840. The van der Waals surface area contributed by atoms with Crippen LogP contribution in [0.15, 0.2) is 52.9 Å². The van der Waals surface area contributed by atoms with E-state index in [1.54, 1.807) is 12.3 Å². The standard InChI is InChI=1S/C14H14N2O2/c1-10(2)7-14(17)16-12-5-3-11(4-6-12)13-8-15-9-18-13/h3-9H,1-2H3,(H,16,17). The second kappa shape index (κ2) is 5.31. The summed E-state index contributed by atoms with van der Waals surface area (Å²) in [7, 11) is 0. The molecule has 1 amide bonds. The molecule has 2 aromatic rings. The summed E-state index contributed by atoms with van der Waals surface area (Å²) in [5, 5.41) is 2.78. The highest BCUT2D eigenvalue weighted by atomic mass is 16.3. The minimum Gasteiger partial charge on any atom is -0.444 e. The van der Waals surface area contributed by atoms with Crippen molar-refractivity contribution in [2.45, 2.75) is 13.8 Å². The molecule has 0 bridgehead atoms. The number of amides is 1. The molecule has 4 nitrogen and oxygen atoms in total. The van der Waals surface area contributed by atoms with Crippen LogP contribution in [0.4, 0.5) is 5.69 Å². The van der Waals surface area contributed by atoms with Gasteiger partial charge in [-0.3, -0.25) is 4.79 Å². The van der Waals surface area contributed by atoms with Crippen molar-refractivity contribution in [2.24, 2.45) is 0 Å². The Labute approximate surface area is 105 Å². The lowest BCUT2D eigenvalue weighted by Gasteiger charge is -2.03. The van der Waals surface area contributed by atoms with Crippen LogP contribution < -0.4 is 5.32 Å². The van der Waals surface area contributed by atoms with E-state index < -0.39 is 0 Å². The SMILES string of the molecule is CC(C)=CC(=O)Nc1ccc(-c2cnco2)cc1. The van der Waals surface area contributed by atoms with E-state index in [1.165, 1.54) is 6.39 Å². The fourth-order valence-corrected chi connectivity index (χ4v) is 1.52. The van der Waals surface area contributed by atoms with Crippen LogP contribution in [0.1, 0.15) is 13.8 Å². The third-order valence-electron chi connectivity index (χ3n) is 2.29. The normalized spacial score (nSPS) is 9.89. The van der Waals surface area contributed by atoms with Crippen molar-refractivity contribution in [3.8, 4) is 11.3 Å². The van der Waals surface area contributed by atoms with Crippen LogP contribution >= 0.6 is 0 Å². The first kappa shape index (κ1) is 12.1. The summed E-state index contributed by atoms with van der Waals surface area (Å²) in [5.74, 6) is 0.583. The summed E-state index contributed by atoms with van der Waals surface area (Å²) in [4.78, 5) is 15.4. The summed E-state index contributed by atoms with van der Waals surface area (Å²) in [6.07, 6.45) is 4.60. The number of carbonyl (C=O) groups excluding carboxylic acids is 1. The molecule has 92 valence electrons. The number of rotatable bonds is 3. The number of nitrogens with one attached hydrogen (secondary N) is 1. The van der Waals surface area contributed by atoms with Crippen molar-refractivity contribution in [2.75, 3.05) is 5.32 Å². The van der Waals surface area contributed by atoms with Gasteiger partial charge in [-0.25, -0.2) is 4.98 Å². The predicted octanol–water partition coefficient (Wildman–Crippen LogP) is 3.25. The fraction of sp³-hybridized carbons (Fsp3) is 0.143. The highest BCUT2D eigenvalue weighted by Gasteiger charge is 2.02. The molecule has 2 rings (SSSR count). The van der Waals surface area contributed by atoms with Crippen LogP contribution in [0.3, 0.4) is 0 Å². The zero-order valence-corrected chi connectivity index (χ0v) is 10.3. The van der Waals surface area contributed by atoms with E-state index in [0.29, 0.717) is 5.76 Å². The Hall–Kier alpha value is -2.36. The van der Waals surface area contributed by atoms with Crippen molar-refractivity contribution in [3.05, 3.63) is 48.5 Å². The maximum Gasteiger partial charge on any atom is 0.248 e. The van der Waals surface area contributed by atoms with Gasteiger partial charge >= 0.3 is 0 Å². The van der Waals surface area contributed by atoms with Crippen LogP contribution in [0.5, 0.6) is 0 Å². The zero-order chi connectivity index (χ0) is 13.0. The Balaban J connectivity index is 2.09. The van der Waals surface area contributed by atoms with Crippen molar-refractivity contribution in [3.63, 3.8) is 0 Å². The number of allylic oxidation sites excluding steroid dienone is 1. The van der Waals surface area contributed by atoms with Crippen LogP contribution in [-0.4, -0.2) is 10.9 Å². The van der Waals surface area contributed by atoms with Gasteiger partial charge in [0.2, 0.25) is 5.91 Å². The monoisotopic (exact) mass is 242 g/mol. The molecule has 0 aliphatic rings. The smallest absolute Gasteiger partial charge is 0.248 e. The number of hydrogen-bond donors (Lipinski definition) is 1. The van der Waals surface area contributed by atoms with Crippen LogP contribution in [0.25, 0.3) is 11.3 Å². The highest BCUT2D eigenvalue weighted by molar-refractivity contribution is 5.99. The number of oxazole rings is 1. The van der Waals surface area contributed by atoms with Gasteiger partial charge in [-0.1, -0.05) is 5.57 Å². The fourth-order valence-electron chi connectivity index (χ4n) is 1.52. The molecule has 0 unspecified atom stereocenters. The lowest BCUT2D eigenvalue weighted by molar-refractivity contribution is -0.111. The minimum atomic E-state index is -0.123. The van der Waals surface area contributed by atoms with Crippen molar-refractivity contribution < 1.29 is 9.21 Å². The first-order chi connectivity index (χ1) is 8.65. The summed E-state index contributed by atoms with van der Waals surface area (Å²) in [6, 6.07) is 7.40. The number of hydrogen-bond acceptors (Lipinski definition) is 3. The Morgan fingerprint density at radius 2 is 2.00 bits per heavy atom. The molecule has 0 spiro atoms. The first-order valence-corrected chi connectivity index (χ1v) is 5.60. The van der Waals surface area contributed by atoms with E-state index in [1.807, 2.05) is 38.1 Å². The van der Waals surface area contributed by atoms with Gasteiger partial charge in [0.15, 0.2) is 12.2 Å². The van der Waals surface area contributed by atoms with Gasteiger partial charge in [-0.05, 0) is 38.1 Å². The summed E-state index contributed by atoms with van der Waals surface area (Å²) in [6.45, 7) is 3.76. The molecule has 0 saturated carbocycles. The molecule has 1 heterocycles. The summed E-state index contributed by atoms with van der Waals surface area (Å²) < 4.78 is 5.19. The molecular weight excluding hydrogens is 228 g/mol. The first-order valence-electron chi connectivity index (χ1n) is 5.60. The largest absolute Gasteiger partial charge is 0.444 e. The maximum atomic E-state index is 11.5. The molecule has 1 aromatic heterocycles. The van der Waals surface area contributed by atoms with Gasteiger partial charge in [0.25, 0.3) is 0 Å². The Kier molecular flexibility index (Phi) is 3.57. The molecular formula is C14H14N2O2. The second-order valence-electron chi connectivity index (χ2n) is 4.15. The van der Waals surface area contributed by atoms with Gasteiger partial charge in [0.1, 0.15) is 0 Å². The van der Waals surface area contributed by atoms with Crippen LogP contribution in [0.2, 0.25) is 0 Å². The van der Waals surface area contributed by atoms with E-state index in [-0.39, 0.29) is 5.91 Å². The van der Waals surface area contributed by atoms with Gasteiger partial charge in [0, 0.05) is 17.3 Å².